The fourth-order valence-electron chi connectivity index (χ4n) is 2.10. The summed E-state index contributed by atoms with van der Waals surface area (Å²) in [7, 11) is -3.52. The number of carbonyl (C=O) groups excluding carboxylic acids is 1. The fourth-order valence-corrected chi connectivity index (χ4v) is 2.96. The molecule has 0 saturated heterocycles. The van der Waals surface area contributed by atoms with Crippen molar-refractivity contribution in [2.45, 2.75) is 6.42 Å². The maximum atomic E-state index is 12.8. The predicted molar refractivity (Wildman–Crippen MR) is 105 cm³/mol. The molecule has 0 saturated carbocycles. The molecule has 2 rings (SSSR count). The first-order chi connectivity index (χ1) is 12.9. The minimum atomic E-state index is -3.52. The zero-order valence-corrected chi connectivity index (χ0v) is 15.5. The smallest absolute Gasteiger partial charge is 0.243 e. The first-order valence-corrected chi connectivity index (χ1v) is 9.93. The van der Waals surface area contributed by atoms with Crippen LogP contribution < -0.4 is 10.0 Å². The molecule has 7 heteroatoms. The van der Waals surface area contributed by atoms with Crippen LogP contribution in [-0.4, -0.2) is 27.4 Å². The van der Waals surface area contributed by atoms with E-state index in [4.69, 9.17) is 0 Å². The Morgan fingerprint density at radius 1 is 0.926 bits per heavy atom. The third-order valence-corrected chi connectivity index (χ3v) is 4.59. The van der Waals surface area contributed by atoms with Crippen LogP contribution in [0.2, 0.25) is 0 Å². The molecular formula is C20H21FN2O3S. The summed E-state index contributed by atoms with van der Waals surface area (Å²) in [5.74, 6) is -0.635. The van der Waals surface area contributed by atoms with Crippen molar-refractivity contribution in [3.05, 3.63) is 83.0 Å². The van der Waals surface area contributed by atoms with Gasteiger partial charge in [0.2, 0.25) is 15.9 Å². The van der Waals surface area contributed by atoms with E-state index in [9.17, 15) is 17.6 Å². The van der Waals surface area contributed by atoms with Gasteiger partial charge in [0, 0.05) is 24.6 Å². The maximum Gasteiger partial charge on any atom is 0.243 e. The maximum absolute atomic E-state index is 12.8. The number of hydrogen-bond donors (Lipinski definition) is 2. The first kappa shape index (κ1) is 20.5. The second-order valence-electron chi connectivity index (χ2n) is 5.68. The lowest BCUT2D eigenvalue weighted by atomic mass is 10.2. The largest absolute Gasteiger partial charge is 0.353 e. The Hall–Kier alpha value is -2.77. The first-order valence-electron chi connectivity index (χ1n) is 8.39. The van der Waals surface area contributed by atoms with Gasteiger partial charge in [-0.15, -0.1) is 0 Å². The molecule has 0 bridgehead atoms. The Labute approximate surface area is 158 Å². The Kier molecular flexibility index (Phi) is 7.91. The summed E-state index contributed by atoms with van der Waals surface area (Å²) in [6, 6.07) is 14.9. The standard InChI is InChI=1S/C20H21FN2O3S/c21-19-10-7-18(8-11-19)9-12-20(24)22-14-4-15-23-27(25,26)16-13-17-5-2-1-3-6-17/h1-3,5-13,16,23H,4,14-15H2,(H,22,24)/b12-9?,16-13+. The van der Waals surface area contributed by atoms with E-state index in [1.807, 2.05) is 18.2 Å². The van der Waals surface area contributed by atoms with Crippen molar-refractivity contribution in [2.75, 3.05) is 13.1 Å². The summed E-state index contributed by atoms with van der Waals surface area (Å²) in [6.45, 7) is 0.543. The van der Waals surface area contributed by atoms with E-state index in [1.165, 1.54) is 24.3 Å². The van der Waals surface area contributed by atoms with Crippen LogP contribution in [0.5, 0.6) is 0 Å². The minimum absolute atomic E-state index is 0.212. The number of benzene rings is 2. The van der Waals surface area contributed by atoms with Gasteiger partial charge in [-0.1, -0.05) is 42.5 Å². The summed E-state index contributed by atoms with van der Waals surface area (Å²) in [5, 5.41) is 3.77. The van der Waals surface area contributed by atoms with Crippen molar-refractivity contribution in [3.8, 4) is 0 Å². The van der Waals surface area contributed by atoms with Gasteiger partial charge in [0.15, 0.2) is 0 Å². The molecular weight excluding hydrogens is 367 g/mol. The van der Waals surface area contributed by atoms with Gasteiger partial charge in [-0.25, -0.2) is 17.5 Å². The molecule has 2 aromatic carbocycles. The molecule has 0 aliphatic carbocycles. The lowest BCUT2D eigenvalue weighted by Gasteiger charge is -2.04. The van der Waals surface area contributed by atoms with Crippen molar-refractivity contribution in [1.29, 1.82) is 0 Å². The van der Waals surface area contributed by atoms with Crippen molar-refractivity contribution >= 4 is 28.1 Å². The number of amides is 1. The third-order valence-electron chi connectivity index (χ3n) is 3.49. The fraction of sp³-hybridized carbons (Fsp3) is 0.150. The van der Waals surface area contributed by atoms with Crippen LogP contribution in [-0.2, 0) is 14.8 Å². The van der Waals surface area contributed by atoms with Gasteiger partial charge < -0.3 is 5.32 Å². The molecule has 0 aromatic heterocycles. The lowest BCUT2D eigenvalue weighted by molar-refractivity contribution is -0.116. The summed E-state index contributed by atoms with van der Waals surface area (Å²) >= 11 is 0. The van der Waals surface area contributed by atoms with Gasteiger partial charge in [0.25, 0.3) is 0 Å². The molecule has 27 heavy (non-hydrogen) atoms. The van der Waals surface area contributed by atoms with Crippen LogP contribution in [0.15, 0.2) is 66.1 Å². The highest BCUT2D eigenvalue weighted by Crippen LogP contribution is 2.04. The Balaban J connectivity index is 1.66. The summed E-state index contributed by atoms with van der Waals surface area (Å²) in [4.78, 5) is 11.7. The van der Waals surface area contributed by atoms with E-state index in [0.29, 0.717) is 18.5 Å². The monoisotopic (exact) mass is 388 g/mol. The van der Waals surface area contributed by atoms with E-state index in [-0.39, 0.29) is 18.3 Å². The predicted octanol–water partition coefficient (Wildman–Crippen LogP) is 2.94. The molecule has 142 valence electrons. The molecule has 0 spiro atoms. The third kappa shape index (κ3) is 8.44. The average Bonchev–Trinajstić information content (AvgIpc) is 2.66. The number of halogens is 1. The van der Waals surface area contributed by atoms with Crippen molar-refractivity contribution < 1.29 is 17.6 Å². The Bertz CT molecular complexity index is 893. The quantitative estimate of drug-likeness (QED) is 0.512. The second kappa shape index (κ2) is 10.4. The molecule has 1 amide bonds. The van der Waals surface area contributed by atoms with Gasteiger partial charge >= 0.3 is 0 Å². The van der Waals surface area contributed by atoms with Gasteiger partial charge in [-0.05, 0) is 41.8 Å². The number of hydrogen-bond acceptors (Lipinski definition) is 3. The number of carbonyl (C=O) groups is 1. The van der Waals surface area contributed by atoms with Crippen LogP contribution in [0, 0.1) is 5.82 Å². The topological polar surface area (TPSA) is 75.3 Å². The zero-order chi connectivity index (χ0) is 19.5. The van der Waals surface area contributed by atoms with Crippen molar-refractivity contribution in [3.63, 3.8) is 0 Å². The molecule has 0 aliphatic heterocycles. The van der Waals surface area contributed by atoms with Gasteiger partial charge in [-0.3, -0.25) is 4.79 Å². The molecule has 0 aliphatic rings. The van der Waals surface area contributed by atoms with E-state index < -0.39 is 10.0 Å². The summed E-state index contributed by atoms with van der Waals surface area (Å²) < 4.78 is 39.0. The molecule has 0 radical (unpaired) electrons. The molecule has 0 unspecified atom stereocenters. The molecule has 0 fully saturated rings. The van der Waals surface area contributed by atoms with Crippen LogP contribution in [0.25, 0.3) is 12.2 Å². The normalized spacial score (nSPS) is 11.9. The highest BCUT2D eigenvalue weighted by Gasteiger charge is 2.04. The SMILES string of the molecule is O=C(C=Cc1ccc(F)cc1)NCCCNS(=O)(=O)/C=C/c1ccccc1. The van der Waals surface area contributed by atoms with Gasteiger partial charge in [0.05, 0.1) is 0 Å². The van der Waals surface area contributed by atoms with E-state index in [2.05, 4.69) is 10.0 Å². The summed E-state index contributed by atoms with van der Waals surface area (Å²) in [5.41, 5.74) is 1.51. The molecule has 5 nitrogen and oxygen atoms in total. The minimum Gasteiger partial charge on any atom is -0.353 e. The van der Waals surface area contributed by atoms with E-state index >= 15 is 0 Å². The van der Waals surface area contributed by atoms with Crippen molar-refractivity contribution in [1.82, 2.24) is 10.0 Å². The molecule has 2 aromatic rings. The second-order valence-corrected chi connectivity index (χ2v) is 7.33. The van der Waals surface area contributed by atoms with Gasteiger partial charge in [0.1, 0.15) is 5.82 Å². The lowest BCUT2D eigenvalue weighted by Crippen LogP contribution is -2.28. The van der Waals surface area contributed by atoms with Crippen molar-refractivity contribution in [2.24, 2.45) is 0 Å². The average molecular weight is 388 g/mol. The van der Waals surface area contributed by atoms with Crippen LogP contribution >= 0.6 is 0 Å². The highest BCUT2D eigenvalue weighted by molar-refractivity contribution is 7.92. The van der Waals surface area contributed by atoms with Crippen LogP contribution in [0.3, 0.4) is 0 Å². The summed E-state index contributed by atoms with van der Waals surface area (Å²) in [6.07, 6.45) is 4.89. The van der Waals surface area contributed by atoms with Crippen LogP contribution in [0.4, 0.5) is 4.39 Å². The number of nitrogens with one attached hydrogen (secondary N) is 2. The molecule has 0 heterocycles. The van der Waals surface area contributed by atoms with Gasteiger partial charge in [-0.2, -0.15) is 0 Å². The number of sulfonamides is 1. The molecule has 0 atom stereocenters. The zero-order valence-electron chi connectivity index (χ0n) is 14.6. The highest BCUT2D eigenvalue weighted by atomic mass is 32.2. The Morgan fingerprint density at radius 2 is 1.59 bits per heavy atom. The number of rotatable bonds is 9. The van der Waals surface area contributed by atoms with Crippen LogP contribution in [0.1, 0.15) is 17.5 Å². The Morgan fingerprint density at radius 3 is 2.30 bits per heavy atom. The van der Waals surface area contributed by atoms with E-state index in [1.54, 1.807) is 30.3 Å². The molecule has 2 N–H and O–H groups in total. The van der Waals surface area contributed by atoms with E-state index in [0.717, 1.165) is 11.0 Å².